The molecule has 55 heavy (non-hydrogen) atoms. The van der Waals surface area contributed by atoms with Crippen LogP contribution in [-0.4, -0.2) is 84.9 Å². The summed E-state index contributed by atoms with van der Waals surface area (Å²) in [5.41, 5.74) is 2.51. The number of halogens is 1. The molecule has 0 unspecified atom stereocenters. The number of hydrogen-bond donors (Lipinski definition) is 3. The summed E-state index contributed by atoms with van der Waals surface area (Å²) in [7, 11) is -4.23. The molecule has 3 aliphatic heterocycles. The van der Waals surface area contributed by atoms with Crippen molar-refractivity contribution in [1.29, 1.82) is 0 Å². The number of benzene rings is 1. The van der Waals surface area contributed by atoms with Gasteiger partial charge in [-0.05, 0) is 93.9 Å². The Morgan fingerprint density at radius 1 is 0.982 bits per heavy atom. The summed E-state index contributed by atoms with van der Waals surface area (Å²) in [6, 6.07) is 3.42. The number of carbonyl (C=O) groups is 5. The molecule has 3 aliphatic carbocycles. The largest absolute Gasteiger partial charge is 0.462 e. The Bertz CT molecular complexity index is 1860. The number of nitrogens with zero attached hydrogens (tertiary/aromatic N) is 2. The van der Waals surface area contributed by atoms with Crippen molar-refractivity contribution in [1.82, 2.24) is 24.6 Å². The van der Waals surface area contributed by atoms with Gasteiger partial charge >= 0.3 is 22.3 Å². The van der Waals surface area contributed by atoms with Gasteiger partial charge < -0.3 is 19.7 Å². The molecular weight excluding hydrogens is 734 g/mol. The maximum absolute atomic E-state index is 14.5. The molecule has 0 bridgehead atoms. The molecule has 16 heteroatoms. The molecule has 5 atom stereocenters. The summed E-state index contributed by atoms with van der Waals surface area (Å²) in [6.45, 7) is 0.179. The summed E-state index contributed by atoms with van der Waals surface area (Å²) in [5.74, 6) is -4.19. The summed E-state index contributed by atoms with van der Waals surface area (Å²) in [4.78, 5) is 71.8. The van der Waals surface area contributed by atoms with Crippen LogP contribution in [0.25, 0.3) is 0 Å². The van der Waals surface area contributed by atoms with Crippen LogP contribution in [0.5, 0.6) is 0 Å². The zero-order valence-corrected chi connectivity index (χ0v) is 31.8. The molecule has 4 fully saturated rings. The lowest BCUT2D eigenvalue weighted by Gasteiger charge is -2.29. The number of esters is 1. The lowest BCUT2D eigenvalue weighted by Crippen LogP contribution is -2.57. The maximum atomic E-state index is 14.5. The minimum Gasteiger partial charge on any atom is -0.462 e. The Morgan fingerprint density at radius 2 is 1.76 bits per heavy atom. The second-order valence-corrected chi connectivity index (χ2v) is 17.5. The highest BCUT2D eigenvalue weighted by Crippen LogP contribution is 2.45. The number of rotatable bonds is 9. The number of nitrogens with one attached hydrogen (secondary N) is 3. The minimum absolute atomic E-state index is 0.00467. The lowest BCUT2D eigenvalue weighted by molar-refractivity contribution is -0.154. The molecule has 298 valence electrons. The van der Waals surface area contributed by atoms with Crippen LogP contribution >= 0.6 is 0 Å². The summed E-state index contributed by atoms with van der Waals surface area (Å²) in [6.07, 6.45) is 9.96. The molecule has 1 aromatic carbocycles. The first kappa shape index (κ1) is 39.0. The highest BCUT2D eigenvalue weighted by molar-refractivity contribution is 7.88. The molecule has 1 saturated heterocycles. The predicted octanol–water partition coefficient (Wildman–Crippen LogP) is 3.65. The third kappa shape index (κ3) is 9.41. The smallest absolute Gasteiger partial charge is 0.410 e. The van der Waals surface area contributed by atoms with E-state index in [2.05, 4.69) is 20.5 Å². The van der Waals surface area contributed by atoms with E-state index in [0.717, 1.165) is 51.4 Å². The van der Waals surface area contributed by atoms with Crippen LogP contribution in [0.1, 0.15) is 101 Å². The molecule has 3 heterocycles. The van der Waals surface area contributed by atoms with E-state index in [4.69, 9.17) is 9.47 Å². The van der Waals surface area contributed by atoms with Gasteiger partial charge in [0.1, 0.15) is 29.6 Å². The standard InChI is InChI=1S/C39H50FN5O9S/c40-32-15-9-11-27-22-44(24-31(27)32)38(50)54-30-19-33-35(47)42-39(37(49)43-55(51,52)41-21-25-16-17-25)20-28(39)12-6-4-2-1-3-5-10-26(36(48)45(33)23-30)18-34(46)53-29-13-7-8-14-29/h4,9,11-12,15,25-26,28-30,33,41H,1-3,5,7-8,10,13-14,16-24H2,(H,42,47)(H,43,49)/t6?,26-,28-,30-,33+,39-/m1/s1. The first-order valence-corrected chi connectivity index (χ1v) is 21.2. The molecule has 1 aromatic rings. The van der Waals surface area contributed by atoms with E-state index in [1.54, 1.807) is 18.2 Å². The van der Waals surface area contributed by atoms with Gasteiger partial charge in [-0.25, -0.2) is 13.9 Å². The van der Waals surface area contributed by atoms with Crippen LogP contribution in [0.4, 0.5) is 9.18 Å². The van der Waals surface area contributed by atoms with E-state index in [-0.39, 0.29) is 57.5 Å². The quantitative estimate of drug-likeness (QED) is 0.249. The molecule has 0 radical (unpaired) electrons. The van der Waals surface area contributed by atoms with Gasteiger partial charge in [-0.1, -0.05) is 25.0 Å². The number of hydrogen-bond acceptors (Lipinski definition) is 9. The van der Waals surface area contributed by atoms with Crippen LogP contribution in [0, 0.1) is 23.6 Å². The zero-order valence-electron chi connectivity index (χ0n) is 30.9. The molecule has 6 aliphatic rings. The van der Waals surface area contributed by atoms with Crippen LogP contribution in [-0.2, 0) is 52.0 Å². The Hall–Kier alpha value is -4.27. The van der Waals surface area contributed by atoms with Gasteiger partial charge in [-0.15, -0.1) is 5.73 Å². The van der Waals surface area contributed by atoms with Crippen LogP contribution < -0.4 is 14.8 Å². The third-order valence-corrected chi connectivity index (χ3v) is 12.7. The molecule has 3 N–H and O–H groups in total. The first-order chi connectivity index (χ1) is 26.4. The van der Waals surface area contributed by atoms with Crippen molar-refractivity contribution in [3.8, 4) is 0 Å². The van der Waals surface area contributed by atoms with Gasteiger partial charge in [0.05, 0.1) is 19.5 Å². The molecule has 0 spiro atoms. The van der Waals surface area contributed by atoms with Crippen molar-refractivity contribution in [2.45, 2.75) is 127 Å². The molecule has 0 aromatic heterocycles. The van der Waals surface area contributed by atoms with Gasteiger partial charge in [0.2, 0.25) is 11.8 Å². The van der Waals surface area contributed by atoms with Gasteiger partial charge in [0, 0.05) is 36.9 Å². The Labute approximate surface area is 320 Å². The van der Waals surface area contributed by atoms with E-state index >= 15 is 0 Å². The number of amides is 4. The molecular formula is C39H50FN5O9S. The van der Waals surface area contributed by atoms with Crippen molar-refractivity contribution in [2.24, 2.45) is 17.8 Å². The van der Waals surface area contributed by atoms with E-state index in [1.165, 1.54) is 15.9 Å². The Balaban J connectivity index is 1.12. The SMILES string of the molecule is O=C(C[C@H]1CCCCCC=C=C[C@@H]2C[C@@]2(C(=O)NS(=O)(=O)NCC2CC2)NC(=O)[C@@H]2C[C@@H](OC(=O)N3Cc4cccc(F)c4C3)CN2C1=O)OC1CCCC1. The summed E-state index contributed by atoms with van der Waals surface area (Å²) in [5, 5.41) is 2.79. The van der Waals surface area contributed by atoms with E-state index in [1.807, 2.05) is 6.08 Å². The van der Waals surface area contributed by atoms with E-state index in [0.29, 0.717) is 30.4 Å². The van der Waals surface area contributed by atoms with Crippen molar-refractivity contribution >= 4 is 40.0 Å². The number of ether oxygens (including phenoxy) is 2. The highest BCUT2D eigenvalue weighted by atomic mass is 32.2. The molecule has 14 nitrogen and oxygen atoms in total. The van der Waals surface area contributed by atoms with Crippen molar-refractivity contribution in [3.05, 3.63) is 53.0 Å². The van der Waals surface area contributed by atoms with Crippen molar-refractivity contribution in [2.75, 3.05) is 13.1 Å². The highest BCUT2D eigenvalue weighted by Gasteiger charge is 2.62. The fourth-order valence-corrected chi connectivity index (χ4v) is 9.18. The Morgan fingerprint density at radius 3 is 2.53 bits per heavy atom. The summed E-state index contributed by atoms with van der Waals surface area (Å²) < 4.78 is 56.2. The maximum Gasteiger partial charge on any atom is 0.410 e. The topological polar surface area (TPSA) is 181 Å². The van der Waals surface area contributed by atoms with Gasteiger partial charge in [-0.2, -0.15) is 13.1 Å². The molecule has 4 amide bonds. The van der Waals surface area contributed by atoms with E-state index in [9.17, 15) is 36.8 Å². The zero-order chi connectivity index (χ0) is 38.7. The predicted molar refractivity (Wildman–Crippen MR) is 195 cm³/mol. The number of fused-ring (bicyclic) bond motifs is 3. The Kier molecular flexibility index (Phi) is 11.7. The van der Waals surface area contributed by atoms with Gasteiger partial charge in [0.15, 0.2) is 0 Å². The minimum atomic E-state index is -4.23. The lowest BCUT2D eigenvalue weighted by atomic mass is 9.95. The van der Waals surface area contributed by atoms with Crippen LogP contribution in [0.2, 0.25) is 0 Å². The number of carbonyl (C=O) groups excluding carboxylic acids is 5. The average molecular weight is 784 g/mol. The third-order valence-electron chi connectivity index (χ3n) is 11.7. The van der Waals surface area contributed by atoms with Gasteiger partial charge in [0.25, 0.3) is 5.91 Å². The second-order valence-electron chi connectivity index (χ2n) is 16.0. The molecule has 7 rings (SSSR count). The van der Waals surface area contributed by atoms with Crippen molar-refractivity contribution in [3.63, 3.8) is 0 Å². The fraction of sp³-hybridized carbons (Fsp3) is 0.641. The molecule has 3 saturated carbocycles. The van der Waals surface area contributed by atoms with Crippen LogP contribution in [0.15, 0.2) is 36.1 Å². The van der Waals surface area contributed by atoms with Crippen LogP contribution in [0.3, 0.4) is 0 Å². The van der Waals surface area contributed by atoms with Crippen molar-refractivity contribution < 1.29 is 46.3 Å². The average Bonchev–Trinajstić information content (AvgIpc) is 3.87. The van der Waals surface area contributed by atoms with Gasteiger partial charge in [-0.3, -0.25) is 24.1 Å². The normalized spacial score (nSPS) is 28.6. The van der Waals surface area contributed by atoms with E-state index < -0.39 is 75.3 Å². The monoisotopic (exact) mass is 783 g/mol. The summed E-state index contributed by atoms with van der Waals surface area (Å²) >= 11 is 0. The second kappa shape index (κ2) is 16.4. The fourth-order valence-electron chi connectivity index (χ4n) is 8.22. The first-order valence-electron chi connectivity index (χ1n) is 19.7.